The lowest BCUT2D eigenvalue weighted by Crippen LogP contribution is -2.06. The van der Waals surface area contributed by atoms with Crippen molar-refractivity contribution in [3.05, 3.63) is 40.0 Å². The number of nitrogens with two attached hydrogens (primary N) is 1. The summed E-state index contributed by atoms with van der Waals surface area (Å²) in [4.78, 5) is 4.60. The molecule has 0 unspecified atom stereocenters. The molecule has 0 saturated heterocycles. The molecule has 1 aromatic heterocycles. The SMILES string of the molecule is Cc1cc2cc(Br)ccc2nc1CCN. The molecule has 0 saturated carbocycles. The molecule has 2 N–H and O–H groups in total. The van der Waals surface area contributed by atoms with E-state index in [0.29, 0.717) is 6.54 Å². The minimum absolute atomic E-state index is 0.649. The molecule has 3 heteroatoms. The van der Waals surface area contributed by atoms with Crippen molar-refractivity contribution in [2.45, 2.75) is 13.3 Å². The van der Waals surface area contributed by atoms with Crippen molar-refractivity contribution < 1.29 is 0 Å². The summed E-state index contributed by atoms with van der Waals surface area (Å²) in [5.74, 6) is 0. The van der Waals surface area contributed by atoms with Gasteiger partial charge in [0.1, 0.15) is 0 Å². The van der Waals surface area contributed by atoms with Crippen molar-refractivity contribution in [2.24, 2.45) is 5.73 Å². The van der Waals surface area contributed by atoms with E-state index in [-0.39, 0.29) is 0 Å². The summed E-state index contributed by atoms with van der Waals surface area (Å²) in [5, 5.41) is 1.17. The van der Waals surface area contributed by atoms with Crippen molar-refractivity contribution in [3.63, 3.8) is 0 Å². The van der Waals surface area contributed by atoms with E-state index in [0.717, 1.165) is 22.1 Å². The minimum Gasteiger partial charge on any atom is -0.330 e. The molecular formula is C12H13BrN2. The quantitative estimate of drug-likeness (QED) is 0.906. The Morgan fingerprint density at radius 2 is 2.13 bits per heavy atom. The Kier molecular flexibility index (Phi) is 3.03. The highest BCUT2D eigenvalue weighted by Crippen LogP contribution is 2.20. The van der Waals surface area contributed by atoms with Gasteiger partial charge in [0.25, 0.3) is 0 Å². The molecule has 2 aromatic rings. The van der Waals surface area contributed by atoms with Crippen molar-refractivity contribution >= 4 is 26.8 Å². The first kappa shape index (κ1) is 10.6. The van der Waals surface area contributed by atoms with Gasteiger partial charge in [-0.2, -0.15) is 0 Å². The molecule has 2 nitrogen and oxygen atoms in total. The normalized spacial score (nSPS) is 10.9. The molecule has 0 aliphatic rings. The fraction of sp³-hybridized carbons (Fsp3) is 0.250. The lowest BCUT2D eigenvalue weighted by Gasteiger charge is -2.06. The smallest absolute Gasteiger partial charge is 0.0706 e. The number of rotatable bonds is 2. The maximum absolute atomic E-state index is 5.55. The van der Waals surface area contributed by atoms with Crippen LogP contribution >= 0.6 is 15.9 Å². The number of hydrogen-bond acceptors (Lipinski definition) is 2. The fourth-order valence-corrected chi connectivity index (χ4v) is 2.06. The first-order chi connectivity index (χ1) is 7.20. The predicted molar refractivity (Wildman–Crippen MR) is 66.9 cm³/mol. The van der Waals surface area contributed by atoms with E-state index in [4.69, 9.17) is 5.73 Å². The maximum atomic E-state index is 5.55. The van der Waals surface area contributed by atoms with Gasteiger partial charge in [-0.25, -0.2) is 0 Å². The Hall–Kier alpha value is -0.930. The molecule has 0 radical (unpaired) electrons. The lowest BCUT2D eigenvalue weighted by molar-refractivity contribution is 0.919. The molecule has 0 spiro atoms. The zero-order valence-electron chi connectivity index (χ0n) is 8.63. The zero-order chi connectivity index (χ0) is 10.8. The Labute approximate surface area is 97.6 Å². The average molecular weight is 265 g/mol. The third-order valence-electron chi connectivity index (χ3n) is 2.45. The highest BCUT2D eigenvalue weighted by Gasteiger charge is 2.02. The van der Waals surface area contributed by atoms with E-state index >= 15 is 0 Å². The van der Waals surface area contributed by atoms with Gasteiger partial charge in [0, 0.05) is 22.0 Å². The van der Waals surface area contributed by atoms with Crippen molar-refractivity contribution in [2.75, 3.05) is 6.54 Å². The van der Waals surface area contributed by atoms with Gasteiger partial charge in [0.2, 0.25) is 0 Å². The van der Waals surface area contributed by atoms with E-state index in [1.165, 1.54) is 10.9 Å². The van der Waals surface area contributed by atoms with E-state index in [9.17, 15) is 0 Å². The third kappa shape index (κ3) is 2.19. The van der Waals surface area contributed by atoms with Gasteiger partial charge in [0.15, 0.2) is 0 Å². The highest BCUT2D eigenvalue weighted by molar-refractivity contribution is 9.10. The van der Waals surface area contributed by atoms with Crippen molar-refractivity contribution in [1.29, 1.82) is 0 Å². The van der Waals surface area contributed by atoms with E-state index in [1.54, 1.807) is 0 Å². The molecule has 0 amide bonds. The molecule has 1 aromatic carbocycles. The maximum Gasteiger partial charge on any atom is 0.0706 e. The topological polar surface area (TPSA) is 38.9 Å². The molecule has 0 atom stereocenters. The lowest BCUT2D eigenvalue weighted by atomic mass is 10.1. The second kappa shape index (κ2) is 4.29. The summed E-state index contributed by atoms with van der Waals surface area (Å²) >= 11 is 3.46. The number of fused-ring (bicyclic) bond motifs is 1. The largest absolute Gasteiger partial charge is 0.330 e. The van der Waals surface area contributed by atoms with Crippen LogP contribution in [0.3, 0.4) is 0 Å². The van der Waals surface area contributed by atoms with Gasteiger partial charge in [-0.3, -0.25) is 4.98 Å². The number of nitrogens with zero attached hydrogens (tertiary/aromatic N) is 1. The molecular weight excluding hydrogens is 252 g/mol. The Bertz CT molecular complexity index is 494. The fourth-order valence-electron chi connectivity index (χ4n) is 1.68. The van der Waals surface area contributed by atoms with E-state index in [2.05, 4.69) is 40.0 Å². The standard InChI is InChI=1S/C12H13BrN2/c1-8-6-9-7-10(13)2-3-12(9)15-11(8)4-5-14/h2-3,6-7H,4-5,14H2,1H3. The van der Waals surface area contributed by atoms with Crippen LogP contribution in [0.25, 0.3) is 10.9 Å². The Morgan fingerprint density at radius 1 is 1.33 bits per heavy atom. The number of benzene rings is 1. The van der Waals surface area contributed by atoms with Crippen LogP contribution < -0.4 is 5.73 Å². The summed E-state index contributed by atoms with van der Waals surface area (Å²) in [6, 6.07) is 8.29. The van der Waals surface area contributed by atoms with Crippen LogP contribution in [0.15, 0.2) is 28.7 Å². The molecule has 0 bridgehead atoms. The van der Waals surface area contributed by atoms with Gasteiger partial charge in [-0.05, 0) is 43.3 Å². The molecule has 1 heterocycles. The van der Waals surface area contributed by atoms with Crippen molar-refractivity contribution in [1.82, 2.24) is 4.98 Å². The van der Waals surface area contributed by atoms with Crippen LogP contribution in [0.2, 0.25) is 0 Å². The number of halogens is 1. The van der Waals surface area contributed by atoms with Crippen LogP contribution in [0.1, 0.15) is 11.3 Å². The summed E-state index contributed by atoms with van der Waals surface area (Å²) in [6.07, 6.45) is 0.845. The molecule has 0 fully saturated rings. The molecule has 15 heavy (non-hydrogen) atoms. The summed E-state index contributed by atoms with van der Waals surface area (Å²) < 4.78 is 1.09. The first-order valence-electron chi connectivity index (χ1n) is 4.96. The van der Waals surface area contributed by atoms with Gasteiger partial charge >= 0.3 is 0 Å². The number of pyridine rings is 1. The monoisotopic (exact) mass is 264 g/mol. The van der Waals surface area contributed by atoms with E-state index < -0.39 is 0 Å². The molecule has 78 valence electrons. The van der Waals surface area contributed by atoms with E-state index in [1.807, 2.05) is 12.1 Å². The summed E-state index contributed by atoms with van der Waals surface area (Å²) in [5.41, 5.74) is 8.90. The summed E-state index contributed by atoms with van der Waals surface area (Å²) in [7, 11) is 0. The van der Waals surface area contributed by atoms with Crippen LogP contribution in [0, 0.1) is 6.92 Å². The number of aryl methyl sites for hydroxylation is 1. The van der Waals surface area contributed by atoms with Gasteiger partial charge < -0.3 is 5.73 Å². The number of aromatic nitrogens is 1. The average Bonchev–Trinajstić information content (AvgIpc) is 2.20. The van der Waals surface area contributed by atoms with Crippen LogP contribution in [0.4, 0.5) is 0 Å². The van der Waals surface area contributed by atoms with Crippen LogP contribution in [0.5, 0.6) is 0 Å². The molecule has 0 aliphatic carbocycles. The molecule has 0 aliphatic heterocycles. The van der Waals surface area contributed by atoms with Gasteiger partial charge in [-0.1, -0.05) is 15.9 Å². The second-order valence-corrected chi connectivity index (χ2v) is 4.54. The second-order valence-electron chi connectivity index (χ2n) is 3.63. The predicted octanol–water partition coefficient (Wildman–Crippen LogP) is 2.81. The van der Waals surface area contributed by atoms with Crippen molar-refractivity contribution in [3.8, 4) is 0 Å². The summed E-state index contributed by atoms with van der Waals surface area (Å²) in [6.45, 7) is 2.73. The zero-order valence-corrected chi connectivity index (χ0v) is 10.2. The number of hydrogen-bond donors (Lipinski definition) is 1. The molecule has 2 rings (SSSR count). The first-order valence-corrected chi connectivity index (χ1v) is 5.76. The third-order valence-corrected chi connectivity index (χ3v) is 2.95. The van der Waals surface area contributed by atoms with Gasteiger partial charge in [0.05, 0.1) is 5.52 Å². The Morgan fingerprint density at radius 3 is 2.87 bits per heavy atom. The Balaban J connectivity index is 2.60. The minimum atomic E-state index is 0.649. The van der Waals surface area contributed by atoms with Gasteiger partial charge in [-0.15, -0.1) is 0 Å². The van der Waals surface area contributed by atoms with Crippen LogP contribution in [-0.4, -0.2) is 11.5 Å². The van der Waals surface area contributed by atoms with Crippen LogP contribution in [-0.2, 0) is 6.42 Å². The highest BCUT2D eigenvalue weighted by atomic mass is 79.9.